The van der Waals surface area contributed by atoms with Crippen molar-refractivity contribution in [2.75, 3.05) is 30.4 Å². The Labute approximate surface area is 222 Å². The van der Waals surface area contributed by atoms with Crippen LogP contribution in [0.25, 0.3) is 28.0 Å². The average molecular weight is 535 g/mol. The predicted molar refractivity (Wildman–Crippen MR) is 149 cm³/mol. The van der Waals surface area contributed by atoms with Gasteiger partial charge in [0.15, 0.2) is 0 Å². The molecule has 0 bridgehead atoms. The number of rotatable bonds is 7. The molecule has 1 aliphatic heterocycles. The van der Waals surface area contributed by atoms with Crippen LogP contribution in [0, 0.1) is 5.82 Å². The summed E-state index contributed by atoms with van der Waals surface area (Å²) in [6, 6.07) is 18.5. The van der Waals surface area contributed by atoms with Crippen LogP contribution in [0.5, 0.6) is 0 Å². The molecule has 2 aromatic heterocycles. The van der Waals surface area contributed by atoms with E-state index in [4.69, 9.17) is 4.98 Å². The highest BCUT2D eigenvalue weighted by molar-refractivity contribution is 7.91. The highest BCUT2D eigenvalue weighted by atomic mass is 32.2. The molecule has 7 nitrogen and oxygen atoms in total. The Morgan fingerprint density at radius 3 is 2.55 bits per heavy atom. The Kier molecular flexibility index (Phi) is 7.32. The van der Waals surface area contributed by atoms with Gasteiger partial charge in [0, 0.05) is 48.0 Å². The second-order valence-electron chi connectivity index (χ2n) is 9.95. The lowest BCUT2D eigenvalue weighted by Crippen LogP contribution is -2.39. The summed E-state index contributed by atoms with van der Waals surface area (Å²) < 4.78 is 40.1. The van der Waals surface area contributed by atoms with Crippen molar-refractivity contribution in [3.63, 3.8) is 0 Å². The molecule has 198 valence electrons. The van der Waals surface area contributed by atoms with Gasteiger partial charge in [-0.25, -0.2) is 17.8 Å². The summed E-state index contributed by atoms with van der Waals surface area (Å²) >= 11 is 0. The number of sulfone groups is 1. The Bertz CT molecular complexity index is 1570. The van der Waals surface area contributed by atoms with E-state index in [0.29, 0.717) is 29.8 Å². The third-order valence-corrected chi connectivity index (χ3v) is 8.88. The standard InChI is InChI=1S/C29H31FN4O3S/c1-20(35)31-24-17-22(16-23(30)18-24)28-9-8-27-21(10-13-33(2)25-11-14-38(36,37)15-12-25)19-34(29(27)32-28)26-6-4-3-5-7-26/h3-9,16-19,25H,10-15H2,1-2H3,(H,31,35). The van der Waals surface area contributed by atoms with Crippen LogP contribution in [0.3, 0.4) is 0 Å². The molecule has 3 heterocycles. The number of likely N-dealkylation sites (N-methyl/N-ethyl adjacent to an activating group) is 1. The molecule has 1 saturated heterocycles. The summed E-state index contributed by atoms with van der Waals surface area (Å²) in [6.45, 7) is 2.18. The molecule has 38 heavy (non-hydrogen) atoms. The van der Waals surface area contributed by atoms with E-state index in [9.17, 15) is 17.6 Å². The highest BCUT2D eigenvalue weighted by Gasteiger charge is 2.26. The Hall–Kier alpha value is -3.56. The van der Waals surface area contributed by atoms with Crippen LogP contribution < -0.4 is 5.32 Å². The first-order valence-electron chi connectivity index (χ1n) is 12.7. The van der Waals surface area contributed by atoms with E-state index in [0.717, 1.165) is 35.2 Å². The summed E-state index contributed by atoms with van der Waals surface area (Å²) in [6.07, 6.45) is 4.22. The molecule has 1 amide bonds. The molecule has 0 radical (unpaired) electrons. The minimum atomic E-state index is -2.89. The number of hydrogen-bond donors (Lipinski definition) is 1. The van der Waals surface area contributed by atoms with Crippen molar-refractivity contribution in [1.29, 1.82) is 0 Å². The lowest BCUT2D eigenvalue weighted by Gasteiger charge is -2.31. The second kappa shape index (κ2) is 10.7. The zero-order chi connectivity index (χ0) is 26.9. The molecule has 0 spiro atoms. The molecule has 0 unspecified atom stereocenters. The van der Waals surface area contributed by atoms with E-state index in [2.05, 4.69) is 28.0 Å². The van der Waals surface area contributed by atoms with Gasteiger partial charge in [0.2, 0.25) is 5.91 Å². The van der Waals surface area contributed by atoms with Crippen molar-refractivity contribution < 1.29 is 17.6 Å². The maximum Gasteiger partial charge on any atom is 0.221 e. The van der Waals surface area contributed by atoms with Gasteiger partial charge in [0.05, 0.1) is 17.2 Å². The normalized spacial score (nSPS) is 15.7. The van der Waals surface area contributed by atoms with Gasteiger partial charge in [0.1, 0.15) is 21.3 Å². The summed E-state index contributed by atoms with van der Waals surface area (Å²) in [4.78, 5) is 18.7. The number of carbonyl (C=O) groups excluding carboxylic acids is 1. The molecular weight excluding hydrogens is 503 g/mol. The molecule has 1 fully saturated rings. The summed E-state index contributed by atoms with van der Waals surface area (Å²) in [5, 5.41) is 3.65. The average Bonchev–Trinajstić information content (AvgIpc) is 3.25. The minimum Gasteiger partial charge on any atom is -0.326 e. The lowest BCUT2D eigenvalue weighted by atomic mass is 10.1. The topological polar surface area (TPSA) is 84.3 Å². The summed E-state index contributed by atoms with van der Waals surface area (Å²) in [5.41, 5.74) is 4.43. The number of benzene rings is 2. The number of hydrogen-bond acceptors (Lipinski definition) is 5. The molecule has 1 aliphatic rings. The van der Waals surface area contributed by atoms with Crippen LogP contribution in [0.2, 0.25) is 0 Å². The molecule has 9 heteroatoms. The Morgan fingerprint density at radius 2 is 1.84 bits per heavy atom. The summed E-state index contributed by atoms with van der Waals surface area (Å²) in [7, 11) is -0.832. The fourth-order valence-electron chi connectivity index (χ4n) is 5.13. The maximum absolute atomic E-state index is 14.4. The SMILES string of the molecule is CC(=O)Nc1cc(F)cc(-c2ccc3c(CCN(C)C4CCS(=O)(=O)CC4)cn(-c4ccccc4)c3n2)c1. The van der Waals surface area contributed by atoms with E-state index in [1.807, 2.05) is 42.5 Å². The van der Waals surface area contributed by atoms with E-state index in [-0.39, 0.29) is 23.5 Å². The maximum atomic E-state index is 14.4. The zero-order valence-corrected chi connectivity index (χ0v) is 22.3. The number of amides is 1. The van der Waals surface area contributed by atoms with Gasteiger partial charge in [-0.15, -0.1) is 0 Å². The summed E-state index contributed by atoms with van der Waals surface area (Å²) in [5.74, 6) is -0.212. The fraction of sp³-hybridized carbons (Fsp3) is 0.310. The number of aromatic nitrogens is 2. The number of halogens is 1. The lowest BCUT2D eigenvalue weighted by molar-refractivity contribution is -0.114. The quantitative estimate of drug-likeness (QED) is 0.367. The first kappa shape index (κ1) is 26.1. The van der Waals surface area contributed by atoms with Crippen LogP contribution >= 0.6 is 0 Å². The van der Waals surface area contributed by atoms with Crippen molar-refractivity contribution in [3.8, 4) is 16.9 Å². The number of para-hydroxylation sites is 1. The minimum absolute atomic E-state index is 0.256. The largest absolute Gasteiger partial charge is 0.326 e. The molecule has 0 aliphatic carbocycles. The van der Waals surface area contributed by atoms with Gasteiger partial charge in [-0.1, -0.05) is 18.2 Å². The van der Waals surface area contributed by atoms with Crippen molar-refractivity contribution in [2.45, 2.75) is 32.2 Å². The van der Waals surface area contributed by atoms with Crippen molar-refractivity contribution in [2.24, 2.45) is 0 Å². The van der Waals surface area contributed by atoms with E-state index in [1.165, 1.54) is 19.1 Å². The van der Waals surface area contributed by atoms with Gasteiger partial charge in [-0.3, -0.25) is 4.79 Å². The van der Waals surface area contributed by atoms with Gasteiger partial charge in [0.25, 0.3) is 0 Å². The molecule has 0 saturated carbocycles. The fourth-order valence-corrected chi connectivity index (χ4v) is 6.59. The van der Waals surface area contributed by atoms with Crippen LogP contribution in [-0.2, 0) is 21.1 Å². The van der Waals surface area contributed by atoms with Crippen LogP contribution in [0.1, 0.15) is 25.3 Å². The Balaban J connectivity index is 1.48. The van der Waals surface area contributed by atoms with E-state index in [1.54, 1.807) is 6.07 Å². The number of carbonyl (C=O) groups is 1. The third kappa shape index (κ3) is 5.79. The highest BCUT2D eigenvalue weighted by Crippen LogP contribution is 2.30. The van der Waals surface area contributed by atoms with Crippen molar-refractivity contribution >= 4 is 32.5 Å². The number of anilines is 1. The smallest absolute Gasteiger partial charge is 0.221 e. The van der Waals surface area contributed by atoms with Crippen LogP contribution in [0.4, 0.5) is 10.1 Å². The molecular formula is C29H31FN4O3S. The molecule has 4 aromatic rings. The third-order valence-electron chi connectivity index (χ3n) is 7.16. The molecule has 1 N–H and O–H groups in total. The number of nitrogens with zero attached hydrogens (tertiary/aromatic N) is 3. The van der Waals surface area contributed by atoms with Gasteiger partial charge in [-0.05, 0) is 74.3 Å². The molecule has 0 atom stereocenters. The monoisotopic (exact) mass is 534 g/mol. The first-order valence-corrected chi connectivity index (χ1v) is 14.6. The van der Waals surface area contributed by atoms with Gasteiger partial charge in [-0.2, -0.15) is 0 Å². The number of fused-ring (bicyclic) bond motifs is 1. The van der Waals surface area contributed by atoms with Crippen LogP contribution in [0.15, 0.2) is 66.9 Å². The number of nitrogens with one attached hydrogen (secondary N) is 1. The molecule has 2 aromatic carbocycles. The first-order chi connectivity index (χ1) is 18.2. The zero-order valence-electron chi connectivity index (χ0n) is 21.5. The Morgan fingerprint density at radius 1 is 1.11 bits per heavy atom. The van der Waals surface area contributed by atoms with Gasteiger partial charge >= 0.3 is 0 Å². The number of pyridine rings is 1. The predicted octanol–water partition coefficient (Wildman–Crippen LogP) is 4.84. The van der Waals surface area contributed by atoms with Gasteiger partial charge < -0.3 is 14.8 Å². The van der Waals surface area contributed by atoms with E-state index >= 15 is 0 Å². The van der Waals surface area contributed by atoms with Crippen molar-refractivity contribution in [1.82, 2.24) is 14.5 Å². The van der Waals surface area contributed by atoms with E-state index < -0.39 is 15.7 Å². The van der Waals surface area contributed by atoms with Crippen LogP contribution in [-0.4, -0.2) is 59.9 Å². The second-order valence-corrected chi connectivity index (χ2v) is 12.3. The van der Waals surface area contributed by atoms with Crippen molar-refractivity contribution in [3.05, 3.63) is 78.2 Å². The molecule has 5 rings (SSSR count).